The molecule has 3 rings (SSSR count). The zero-order chi connectivity index (χ0) is 20.8. The Kier molecular flexibility index (Phi) is 6.86. The standard InChI is InChI=1S/C22H20ClN3O2S/c1-2-26(14-24)22(28)19(11-17-13-29-20-6-4-3-5-18(17)20)25-21(27)16-9-7-15(12-23)8-10-16/h3-10,13,19H,2,11-12H2,1H3,(H,25,27). The summed E-state index contributed by atoms with van der Waals surface area (Å²) in [7, 11) is 0. The van der Waals surface area contributed by atoms with Gasteiger partial charge in [0, 0.05) is 29.1 Å². The van der Waals surface area contributed by atoms with Crippen molar-refractivity contribution in [3.8, 4) is 6.19 Å². The zero-order valence-corrected chi connectivity index (χ0v) is 17.5. The number of halogens is 1. The molecule has 1 aromatic heterocycles. The average molecular weight is 426 g/mol. The predicted molar refractivity (Wildman–Crippen MR) is 116 cm³/mol. The van der Waals surface area contributed by atoms with Crippen LogP contribution < -0.4 is 5.32 Å². The van der Waals surface area contributed by atoms with Crippen LogP contribution in [0.4, 0.5) is 0 Å². The van der Waals surface area contributed by atoms with Crippen LogP contribution in [0.5, 0.6) is 0 Å². The Bertz CT molecular complexity index is 1060. The van der Waals surface area contributed by atoms with E-state index in [4.69, 9.17) is 11.6 Å². The number of hydrogen-bond donors (Lipinski definition) is 1. The van der Waals surface area contributed by atoms with Crippen molar-refractivity contribution < 1.29 is 9.59 Å². The number of nitrogens with zero attached hydrogens (tertiary/aromatic N) is 2. The lowest BCUT2D eigenvalue weighted by Crippen LogP contribution is -2.48. The molecule has 0 aliphatic heterocycles. The largest absolute Gasteiger partial charge is 0.340 e. The Balaban J connectivity index is 1.87. The van der Waals surface area contributed by atoms with E-state index in [-0.39, 0.29) is 12.5 Å². The number of hydrogen-bond acceptors (Lipinski definition) is 4. The molecule has 0 fully saturated rings. The number of nitrogens with one attached hydrogen (secondary N) is 1. The minimum atomic E-state index is -0.840. The first-order valence-corrected chi connectivity index (χ1v) is 10.6. The van der Waals surface area contributed by atoms with Gasteiger partial charge in [0.15, 0.2) is 6.19 Å². The normalized spacial score (nSPS) is 11.6. The quantitative estimate of drug-likeness (QED) is 0.348. The summed E-state index contributed by atoms with van der Waals surface area (Å²) in [6, 6.07) is 14.0. The molecule has 1 N–H and O–H groups in total. The predicted octanol–water partition coefficient (Wildman–Crippen LogP) is 4.31. The molecule has 1 unspecified atom stereocenters. The lowest BCUT2D eigenvalue weighted by atomic mass is 10.0. The maximum absolute atomic E-state index is 12.9. The minimum absolute atomic E-state index is 0.247. The molecule has 148 valence electrons. The van der Waals surface area contributed by atoms with Gasteiger partial charge in [-0.25, -0.2) is 4.90 Å². The van der Waals surface area contributed by atoms with Crippen LogP contribution in [-0.4, -0.2) is 29.3 Å². The summed E-state index contributed by atoms with van der Waals surface area (Å²) in [5, 5.41) is 15.1. The van der Waals surface area contributed by atoms with Crippen molar-refractivity contribution in [3.63, 3.8) is 0 Å². The van der Waals surface area contributed by atoms with Crippen LogP contribution in [-0.2, 0) is 17.1 Å². The van der Waals surface area contributed by atoms with Crippen LogP contribution in [0.2, 0.25) is 0 Å². The number of amides is 2. The molecule has 1 atom stereocenters. The first kappa shape index (κ1) is 20.8. The second-order valence-corrected chi connectivity index (χ2v) is 7.68. The van der Waals surface area contributed by atoms with Crippen molar-refractivity contribution in [2.24, 2.45) is 0 Å². The number of benzene rings is 2. The Labute approximate surface area is 178 Å². The van der Waals surface area contributed by atoms with Crippen molar-refractivity contribution in [3.05, 3.63) is 70.6 Å². The number of alkyl halides is 1. The SMILES string of the molecule is CCN(C#N)C(=O)C(Cc1csc2ccccc12)NC(=O)c1ccc(CCl)cc1. The van der Waals surface area contributed by atoms with E-state index in [9.17, 15) is 14.9 Å². The minimum Gasteiger partial charge on any atom is -0.340 e. The fraction of sp³-hybridized carbons (Fsp3) is 0.227. The summed E-state index contributed by atoms with van der Waals surface area (Å²) in [4.78, 5) is 26.7. The smallest absolute Gasteiger partial charge is 0.258 e. The lowest BCUT2D eigenvalue weighted by Gasteiger charge is -2.21. The van der Waals surface area contributed by atoms with Crippen molar-refractivity contribution in [2.45, 2.75) is 25.3 Å². The van der Waals surface area contributed by atoms with Crippen LogP contribution in [0.1, 0.15) is 28.4 Å². The van der Waals surface area contributed by atoms with E-state index in [0.29, 0.717) is 17.9 Å². The molecular formula is C22H20ClN3O2S. The highest BCUT2D eigenvalue weighted by molar-refractivity contribution is 7.17. The Morgan fingerprint density at radius 1 is 1.21 bits per heavy atom. The number of thiophene rings is 1. The number of nitriles is 1. The monoisotopic (exact) mass is 425 g/mol. The number of carbonyl (C=O) groups is 2. The van der Waals surface area contributed by atoms with Gasteiger partial charge in [-0.05, 0) is 47.0 Å². The molecule has 0 bridgehead atoms. The van der Waals surface area contributed by atoms with E-state index in [0.717, 1.165) is 26.1 Å². The lowest BCUT2D eigenvalue weighted by molar-refractivity contribution is -0.130. The van der Waals surface area contributed by atoms with Crippen molar-refractivity contribution >= 4 is 44.8 Å². The highest BCUT2D eigenvalue weighted by Crippen LogP contribution is 2.27. The number of fused-ring (bicyclic) bond motifs is 1. The van der Waals surface area contributed by atoms with Crippen molar-refractivity contribution in [1.82, 2.24) is 10.2 Å². The molecule has 0 saturated heterocycles. The molecule has 0 spiro atoms. The van der Waals surface area contributed by atoms with Crippen LogP contribution >= 0.6 is 22.9 Å². The maximum Gasteiger partial charge on any atom is 0.258 e. The summed E-state index contributed by atoms with van der Waals surface area (Å²) in [5.41, 5.74) is 2.31. The van der Waals surface area contributed by atoms with Gasteiger partial charge in [0.05, 0.1) is 0 Å². The first-order valence-electron chi connectivity index (χ1n) is 9.19. The Hall–Kier alpha value is -2.88. The molecule has 0 aliphatic carbocycles. The molecule has 3 aromatic rings. The van der Waals surface area contributed by atoms with Crippen molar-refractivity contribution in [2.75, 3.05) is 6.54 Å². The topological polar surface area (TPSA) is 73.2 Å². The van der Waals surface area contributed by atoms with Crippen molar-refractivity contribution in [1.29, 1.82) is 5.26 Å². The summed E-state index contributed by atoms with van der Waals surface area (Å²) in [6.07, 6.45) is 2.21. The van der Waals surface area contributed by atoms with E-state index in [1.165, 1.54) is 0 Å². The maximum atomic E-state index is 12.9. The fourth-order valence-corrected chi connectivity index (χ4v) is 4.22. The van der Waals surface area contributed by atoms with Crippen LogP contribution in [0.15, 0.2) is 53.9 Å². The van der Waals surface area contributed by atoms with Gasteiger partial charge in [-0.1, -0.05) is 30.3 Å². The van der Waals surface area contributed by atoms with Gasteiger partial charge in [-0.3, -0.25) is 9.59 Å². The Morgan fingerprint density at radius 3 is 2.59 bits per heavy atom. The van der Waals surface area contributed by atoms with Gasteiger partial charge in [0.1, 0.15) is 6.04 Å². The number of likely N-dealkylation sites (N-methyl/N-ethyl adjacent to an activating group) is 1. The molecule has 0 aliphatic rings. The third kappa shape index (κ3) is 4.76. The zero-order valence-electron chi connectivity index (χ0n) is 15.9. The van der Waals surface area contributed by atoms with Crippen LogP contribution in [0.3, 0.4) is 0 Å². The summed E-state index contributed by atoms with van der Waals surface area (Å²) in [5.74, 6) is -0.420. The molecule has 29 heavy (non-hydrogen) atoms. The highest BCUT2D eigenvalue weighted by atomic mass is 35.5. The van der Waals surface area contributed by atoms with Gasteiger partial charge in [-0.15, -0.1) is 22.9 Å². The van der Waals surface area contributed by atoms with E-state index in [2.05, 4.69) is 5.32 Å². The molecular weight excluding hydrogens is 406 g/mol. The van der Waals surface area contributed by atoms with E-state index < -0.39 is 11.9 Å². The molecule has 7 heteroatoms. The van der Waals surface area contributed by atoms with Gasteiger partial charge < -0.3 is 5.32 Å². The van der Waals surface area contributed by atoms with Gasteiger partial charge in [0.2, 0.25) is 0 Å². The van der Waals surface area contributed by atoms with Gasteiger partial charge in [-0.2, -0.15) is 5.26 Å². The van der Waals surface area contributed by atoms with E-state index >= 15 is 0 Å². The van der Waals surface area contributed by atoms with E-state index in [1.54, 1.807) is 42.5 Å². The highest BCUT2D eigenvalue weighted by Gasteiger charge is 2.27. The third-order valence-electron chi connectivity index (χ3n) is 4.66. The average Bonchev–Trinajstić information content (AvgIpc) is 3.17. The van der Waals surface area contributed by atoms with Gasteiger partial charge in [0.25, 0.3) is 11.8 Å². The molecule has 5 nitrogen and oxygen atoms in total. The van der Waals surface area contributed by atoms with Crippen LogP contribution in [0, 0.1) is 11.5 Å². The van der Waals surface area contributed by atoms with Crippen LogP contribution in [0.25, 0.3) is 10.1 Å². The molecule has 2 amide bonds. The van der Waals surface area contributed by atoms with Gasteiger partial charge >= 0.3 is 0 Å². The summed E-state index contributed by atoms with van der Waals surface area (Å²) >= 11 is 7.39. The number of carbonyl (C=O) groups excluding carboxylic acids is 2. The second-order valence-electron chi connectivity index (χ2n) is 6.50. The summed E-state index contributed by atoms with van der Waals surface area (Å²) in [6.45, 7) is 1.97. The molecule has 0 saturated carbocycles. The second kappa shape index (κ2) is 9.55. The van der Waals surface area contributed by atoms with E-state index in [1.807, 2.05) is 35.8 Å². The molecule has 2 aromatic carbocycles. The molecule has 1 heterocycles. The Morgan fingerprint density at radius 2 is 1.93 bits per heavy atom. The molecule has 0 radical (unpaired) electrons. The fourth-order valence-electron chi connectivity index (χ4n) is 3.06. The summed E-state index contributed by atoms with van der Waals surface area (Å²) < 4.78 is 1.12. The first-order chi connectivity index (χ1) is 14.1. The third-order valence-corrected chi connectivity index (χ3v) is 5.98. The number of rotatable bonds is 7.